The highest BCUT2D eigenvalue weighted by Crippen LogP contribution is 2.45. The van der Waals surface area contributed by atoms with Crippen molar-refractivity contribution in [3.8, 4) is 11.6 Å². The molecule has 1 aliphatic heterocycles. The van der Waals surface area contributed by atoms with Gasteiger partial charge in [0.1, 0.15) is 35.3 Å². The molecule has 0 bridgehead atoms. The molecule has 1 saturated carbocycles. The second kappa shape index (κ2) is 14.2. The third kappa shape index (κ3) is 7.53. The van der Waals surface area contributed by atoms with Crippen molar-refractivity contribution in [1.29, 1.82) is 0 Å². The van der Waals surface area contributed by atoms with E-state index in [0.717, 1.165) is 26.3 Å². The number of methoxy groups -OCH3 is 1. The molecule has 1 aliphatic carbocycles. The lowest BCUT2D eigenvalue weighted by Gasteiger charge is -2.31. The summed E-state index contributed by atoms with van der Waals surface area (Å²) in [6.07, 6.45) is 2.71. The molecule has 3 amide bonds. The first-order valence-electron chi connectivity index (χ1n) is 16.4. The predicted molar refractivity (Wildman–Crippen MR) is 189 cm³/mol. The molecule has 2 aliphatic rings. The summed E-state index contributed by atoms with van der Waals surface area (Å²) in [7, 11) is 0.0159. The molecule has 1 saturated heterocycles. The minimum atomic E-state index is -4.14. The Morgan fingerprint density at radius 1 is 1.14 bits per heavy atom. The largest absolute Gasteiger partial charge is 0.497 e. The van der Waals surface area contributed by atoms with Crippen LogP contribution in [0.3, 0.4) is 0 Å². The number of carbonyl (C=O) groups excluding carboxylic acids is 3. The summed E-state index contributed by atoms with van der Waals surface area (Å²) in [5, 5.41) is 7.64. The maximum Gasteiger partial charge on any atom is 0.303 e. The maximum atomic E-state index is 14.4. The minimum absolute atomic E-state index is 0.0510. The normalized spacial score (nSPS) is 22.3. The number of carbonyl (C=O) groups is 3. The molecule has 5 rings (SSSR count). The number of benzene rings is 1. The Balaban J connectivity index is 1.46. The van der Waals surface area contributed by atoms with Crippen molar-refractivity contribution in [2.75, 3.05) is 33.1 Å². The number of anilines is 1. The number of likely N-dealkylation sites (tertiary alicyclic amines) is 1. The number of amides is 3. The highest BCUT2D eigenvalue weighted by Gasteiger charge is 2.61. The van der Waals surface area contributed by atoms with Gasteiger partial charge in [-0.3, -0.25) is 14.4 Å². The third-order valence-electron chi connectivity index (χ3n) is 9.15. The maximum absolute atomic E-state index is 14.4. The Labute approximate surface area is 292 Å². The Hall–Kier alpha value is -4.76. The highest BCUT2D eigenvalue weighted by molar-refractivity contribution is 7.87. The Morgan fingerprint density at radius 2 is 1.88 bits per heavy atom. The molecule has 2 fully saturated rings. The lowest BCUT2D eigenvalue weighted by atomic mass is 10.0. The van der Waals surface area contributed by atoms with E-state index in [0.29, 0.717) is 17.4 Å². The molecule has 0 unspecified atom stereocenters. The van der Waals surface area contributed by atoms with Crippen molar-refractivity contribution in [3.05, 3.63) is 66.5 Å². The van der Waals surface area contributed by atoms with Crippen molar-refractivity contribution < 1.29 is 32.3 Å². The van der Waals surface area contributed by atoms with E-state index in [2.05, 4.69) is 27.2 Å². The molecular weight excluding hydrogens is 662 g/mol. The molecule has 3 N–H and O–H groups in total. The number of rotatable bonds is 13. The van der Waals surface area contributed by atoms with E-state index < -0.39 is 51.7 Å². The van der Waals surface area contributed by atoms with Gasteiger partial charge in [0, 0.05) is 43.7 Å². The van der Waals surface area contributed by atoms with Crippen LogP contribution in [0.2, 0.25) is 0 Å². The van der Waals surface area contributed by atoms with Crippen LogP contribution in [0.5, 0.6) is 11.6 Å². The smallest absolute Gasteiger partial charge is 0.303 e. The van der Waals surface area contributed by atoms with Crippen molar-refractivity contribution in [1.82, 2.24) is 29.2 Å². The fraction of sp³-hybridized carbons (Fsp3) is 0.457. The zero-order valence-corrected chi connectivity index (χ0v) is 30.2. The average molecular weight is 708 g/mol. The van der Waals surface area contributed by atoms with Crippen LogP contribution in [0.15, 0.2) is 55.3 Å². The number of nitrogens with zero attached hydrogens (tertiary/aromatic N) is 4. The lowest BCUT2D eigenvalue weighted by molar-refractivity contribution is -0.140. The molecule has 15 heteroatoms. The van der Waals surface area contributed by atoms with Crippen LogP contribution in [0, 0.1) is 25.7 Å². The molecule has 14 nitrogen and oxygen atoms in total. The summed E-state index contributed by atoms with van der Waals surface area (Å²) in [5.41, 5.74) is 0.212. The highest BCUT2D eigenvalue weighted by atomic mass is 32.2. The van der Waals surface area contributed by atoms with Gasteiger partial charge in [-0.05, 0) is 73.5 Å². The van der Waals surface area contributed by atoms with E-state index in [-0.39, 0.29) is 31.2 Å². The topological polar surface area (TPSA) is 172 Å². The van der Waals surface area contributed by atoms with Crippen molar-refractivity contribution >= 4 is 44.5 Å². The van der Waals surface area contributed by atoms with Crippen LogP contribution in [-0.4, -0.2) is 96.8 Å². The molecule has 3 aromatic rings. The molecule has 3 heterocycles. The SMILES string of the molecule is C=C[C@@H]1C[C@]1(NC(=O)[C@@H]1C[C@@H](Oc2nccc3cc(OC)ccc23)CN1C(=O)[C@@H](Nc1cc(C)cc(C)n1)C(C)C)C(=O)NS(=O)(=O)N(C)C. The summed E-state index contributed by atoms with van der Waals surface area (Å²) in [6.45, 7) is 11.4. The van der Waals surface area contributed by atoms with Crippen LogP contribution in [0.1, 0.15) is 37.9 Å². The van der Waals surface area contributed by atoms with Crippen LogP contribution in [-0.2, 0) is 24.6 Å². The number of aromatic nitrogens is 2. The molecule has 268 valence electrons. The zero-order valence-electron chi connectivity index (χ0n) is 29.4. The number of fused-ring (bicyclic) bond motifs is 1. The van der Waals surface area contributed by atoms with Crippen LogP contribution in [0.25, 0.3) is 10.8 Å². The van der Waals surface area contributed by atoms with Crippen molar-refractivity contribution in [2.45, 2.75) is 64.3 Å². The Morgan fingerprint density at radius 3 is 2.50 bits per heavy atom. The Kier molecular flexibility index (Phi) is 10.4. The summed E-state index contributed by atoms with van der Waals surface area (Å²) in [6, 6.07) is 9.29. The fourth-order valence-electron chi connectivity index (χ4n) is 6.29. The van der Waals surface area contributed by atoms with E-state index in [1.54, 1.807) is 19.4 Å². The minimum Gasteiger partial charge on any atom is -0.497 e. The molecule has 0 radical (unpaired) electrons. The van der Waals surface area contributed by atoms with E-state index in [1.807, 2.05) is 62.7 Å². The van der Waals surface area contributed by atoms with E-state index >= 15 is 0 Å². The number of aryl methyl sites for hydroxylation is 2. The van der Waals surface area contributed by atoms with Crippen LogP contribution >= 0.6 is 0 Å². The molecule has 0 spiro atoms. The standard InChI is InChI=1S/C35H45N7O7S/c1-9-24-18-35(24,34(45)40-50(46,47)41(6)7)39-31(43)28-17-26(49-32-27-11-10-25(48-8)16-23(27)12-13-36-32)19-42(28)33(44)30(20(2)3)38-29-15-21(4)14-22(5)37-29/h9-16,20,24,26,28,30H,1,17-19H2,2-8H3,(H,37,38)(H,39,43)(H,40,45)/t24-,26-,28+,30+,35-/m1/s1. The molecular formula is C35H45N7O7S. The summed E-state index contributed by atoms with van der Waals surface area (Å²) < 4.78 is 39.7. The first-order valence-corrected chi connectivity index (χ1v) is 17.8. The van der Waals surface area contributed by atoms with Gasteiger partial charge in [0.15, 0.2) is 0 Å². The van der Waals surface area contributed by atoms with Gasteiger partial charge in [0.05, 0.1) is 13.7 Å². The van der Waals surface area contributed by atoms with Gasteiger partial charge >= 0.3 is 10.2 Å². The van der Waals surface area contributed by atoms with Crippen molar-refractivity contribution in [3.63, 3.8) is 0 Å². The second-order valence-electron chi connectivity index (χ2n) is 13.4. The predicted octanol–water partition coefficient (Wildman–Crippen LogP) is 2.72. The van der Waals surface area contributed by atoms with E-state index in [9.17, 15) is 22.8 Å². The summed E-state index contributed by atoms with van der Waals surface area (Å²) in [4.78, 5) is 52.5. The van der Waals surface area contributed by atoms with Gasteiger partial charge in [-0.1, -0.05) is 19.9 Å². The lowest BCUT2D eigenvalue weighted by Crippen LogP contribution is -2.58. The number of hydrogen-bond acceptors (Lipinski definition) is 10. The van der Waals surface area contributed by atoms with Gasteiger partial charge in [0.2, 0.25) is 17.7 Å². The van der Waals surface area contributed by atoms with E-state index in [4.69, 9.17) is 9.47 Å². The summed E-state index contributed by atoms with van der Waals surface area (Å²) in [5.74, 6) is -1.04. The van der Waals surface area contributed by atoms with Crippen LogP contribution < -0.4 is 24.8 Å². The number of pyridine rings is 2. The Bertz CT molecular complexity index is 1900. The number of ether oxygens (including phenoxy) is 2. The fourth-order valence-corrected chi connectivity index (χ4v) is 6.88. The van der Waals surface area contributed by atoms with Gasteiger partial charge in [-0.2, -0.15) is 12.7 Å². The third-order valence-corrected chi connectivity index (χ3v) is 10.6. The molecule has 2 aromatic heterocycles. The molecule has 5 atom stereocenters. The monoisotopic (exact) mass is 707 g/mol. The first-order chi connectivity index (χ1) is 23.6. The number of hydrogen-bond donors (Lipinski definition) is 3. The van der Waals surface area contributed by atoms with Gasteiger partial charge < -0.3 is 25.0 Å². The zero-order chi connectivity index (χ0) is 36.5. The van der Waals surface area contributed by atoms with Gasteiger partial charge in [-0.25, -0.2) is 14.7 Å². The van der Waals surface area contributed by atoms with Gasteiger partial charge in [0.25, 0.3) is 5.91 Å². The first kappa shape index (κ1) is 36.5. The molecule has 50 heavy (non-hydrogen) atoms. The average Bonchev–Trinajstić information content (AvgIpc) is 3.61. The second-order valence-corrected chi connectivity index (χ2v) is 15.3. The van der Waals surface area contributed by atoms with Crippen LogP contribution in [0.4, 0.5) is 5.82 Å². The summed E-state index contributed by atoms with van der Waals surface area (Å²) >= 11 is 0. The van der Waals surface area contributed by atoms with E-state index in [1.165, 1.54) is 25.1 Å². The van der Waals surface area contributed by atoms with Gasteiger partial charge in [-0.15, -0.1) is 6.58 Å². The quantitative estimate of drug-likeness (QED) is 0.224. The van der Waals surface area contributed by atoms with Crippen molar-refractivity contribution in [2.24, 2.45) is 11.8 Å². The molecule has 1 aromatic carbocycles. The number of nitrogens with one attached hydrogen (secondary N) is 3.